The summed E-state index contributed by atoms with van der Waals surface area (Å²) in [6.45, 7) is 6.97. The SMILES string of the molecule is C=C[C@H](OC)[C@H](O)[C@@H](O)[C@H](C=C)OC. The van der Waals surface area contributed by atoms with Crippen LogP contribution < -0.4 is 0 Å². The largest absolute Gasteiger partial charge is 0.387 e. The van der Waals surface area contributed by atoms with E-state index in [1.807, 2.05) is 0 Å². The highest BCUT2D eigenvalue weighted by atomic mass is 16.5. The number of hydrogen-bond acceptors (Lipinski definition) is 4. The van der Waals surface area contributed by atoms with Crippen LogP contribution in [0.3, 0.4) is 0 Å². The van der Waals surface area contributed by atoms with Gasteiger partial charge in [0.2, 0.25) is 0 Å². The van der Waals surface area contributed by atoms with E-state index in [0.717, 1.165) is 0 Å². The van der Waals surface area contributed by atoms with Crippen LogP contribution in [0.5, 0.6) is 0 Å². The lowest BCUT2D eigenvalue weighted by Gasteiger charge is -2.27. The van der Waals surface area contributed by atoms with Gasteiger partial charge in [-0.3, -0.25) is 0 Å². The Morgan fingerprint density at radius 2 is 1.21 bits per heavy atom. The average Bonchev–Trinajstić information content (AvgIpc) is 2.21. The summed E-state index contributed by atoms with van der Waals surface area (Å²) in [4.78, 5) is 0. The number of ether oxygens (including phenoxy) is 2. The van der Waals surface area contributed by atoms with Crippen LogP contribution >= 0.6 is 0 Å². The summed E-state index contributed by atoms with van der Waals surface area (Å²) in [5.41, 5.74) is 0. The van der Waals surface area contributed by atoms with Crippen molar-refractivity contribution in [3.05, 3.63) is 25.3 Å². The van der Waals surface area contributed by atoms with Gasteiger partial charge in [-0.15, -0.1) is 13.2 Å². The lowest BCUT2D eigenvalue weighted by atomic mass is 10.0. The smallest absolute Gasteiger partial charge is 0.112 e. The summed E-state index contributed by atoms with van der Waals surface area (Å²) >= 11 is 0. The van der Waals surface area contributed by atoms with Crippen molar-refractivity contribution in [3.63, 3.8) is 0 Å². The van der Waals surface area contributed by atoms with E-state index < -0.39 is 24.4 Å². The Bertz CT molecular complexity index is 161. The number of hydrogen-bond donors (Lipinski definition) is 2. The maximum atomic E-state index is 9.64. The fourth-order valence-corrected chi connectivity index (χ4v) is 1.14. The zero-order valence-corrected chi connectivity index (χ0v) is 8.59. The van der Waals surface area contributed by atoms with Gasteiger partial charge in [0.05, 0.1) is 0 Å². The lowest BCUT2D eigenvalue weighted by Crippen LogP contribution is -2.44. The molecule has 4 nitrogen and oxygen atoms in total. The van der Waals surface area contributed by atoms with Crippen molar-refractivity contribution < 1.29 is 19.7 Å². The highest BCUT2D eigenvalue weighted by Crippen LogP contribution is 2.11. The van der Waals surface area contributed by atoms with E-state index in [1.54, 1.807) is 0 Å². The molecule has 0 aliphatic heterocycles. The van der Waals surface area contributed by atoms with Gasteiger partial charge in [0.25, 0.3) is 0 Å². The third-order valence-electron chi connectivity index (χ3n) is 2.03. The van der Waals surface area contributed by atoms with Gasteiger partial charge < -0.3 is 19.7 Å². The molecule has 82 valence electrons. The van der Waals surface area contributed by atoms with E-state index in [-0.39, 0.29) is 0 Å². The Kier molecular flexibility index (Phi) is 6.40. The molecule has 0 aromatic heterocycles. The lowest BCUT2D eigenvalue weighted by molar-refractivity contribution is -0.0978. The number of aliphatic hydroxyl groups is 2. The van der Waals surface area contributed by atoms with Gasteiger partial charge in [0, 0.05) is 14.2 Å². The number of methoxy groups -OCH3 is 2. The Morgan fingerprint density at radius 3 is 1.36 bits per heavy atom. The van der Waals surface area contributed by atoms with Crippen molar-refractivity contribution >= 4 is 0 Å². The average molecular weight is 202 g/mol. The fraction of sp³-hybridized carbons (Fsp3) is 0.600. The van der Waals surface area contributed by atoms with Crippen LogP contribution in [0.4, 0.5) is 0 Å². The standard InChI is InChI=1S/C10H18O4/c1-5-7(13-3)9(11)10(12)8(6-2)14-4/h5-12H,1-2H2,3-4H3/t7-,8-,9-,10-/m0/s1. The monoisotopic (exact) mass is 202 g/mol. The molecule has 0 heterocycles. The molecule has 0 amide bonds. The van der Waals surface area contributed by atoms with Crippen LogP contribution in [0.1, 0.15) is 0 Å². The van der Waals surface area contributed by atoms with Crippen molar-refractivity contribution in [1.82, 2.24) is 0 Å². The van der Waals surface area contributed by atoms with E-state index in [1.165, 1.54) is 26.4 Å². The first kappa shape index (κ1) is 13.3. The molecular weight excluding hydrogens is 184 g/mol. The van der Waals surface area contributed by atoms with Gasteiger partial charge in [-0.05, 0) is 0 Å². The predicted molar refractivity (Wildman–Crippen MR) is 54.0 cm³/mol. The molecule has 14 heavy (non-hydrogen) atoms. The Morgan fingerprint density at radius 1 is 0.929 bits per heavy atom. The van der Waals surface area contributed by atoms with Gasteiger partial charge in [-0.25, -0.2) is 0 Å². The van der Waals surface area contributed by atoms with Crippen molar-refractivity contribution in [2.45, 2.75) is 24.4 Å². The molecule has 0 unspecified atom stereocenters. The zero-order chi connectivity index (χ0) is 11.1. The third kappa shape index (κ3) is 3.23. The summed E-state index contributed by atoms with van der Waals surface area (Å²) in [5.74, 6) is 0. The molecule has 0 aromatic rings. The quantitative estimate of drug-likeness (QED) is 0.575. The maximum absolute atomic E-state index is 9.64. The summed E-state index contributed by atoms with van der Waals surface area (Å²) in [6.07, 6.45) is -0.570. The normalized spacial score (nSPS) is 19.4. The van der Waals surface area contributed by atoms with Gasteiger partial charge in [-0.1, -0.05) is 12.2 Å². The highest BCUT2D eigenvalue weighted by molar-refractivity contribution is 4.96. The minimum Gasteiger partial charge on any atom is -0.387 e. The van der Waals surface area contributed by atoms with Crippen LogP contribution in [-0.4, -0.2) is 48.8 Å². The molecule has 0 fully saturated rings. The van der Waals surface area contributed by atoms with Gasteiger partial charge in [0.1, 0.15) is 24.4 Å². The summed E-state index contributed by atoms with van der Waals surface area (Å²) in [7, 11) is 2.86. The van der Waals surface area contributed by atoms with E-state index in [0.29, 0.717) is 0 Å². The molecule has 2 N–H and O–H groups in total. The molecule has 0 saturated heterocycles. The molecule has 0 saturated carbocycles. The fourth-order valence-electron chi connectivity index (χ4n) is 1.14. The molecule has 4 heteroatoms. The Hall–Kier alpha value is -0.680. The van der Waals surface area contributed by atoms with E-state index in [2.05, 4.69) is 13.2 Å². The first-order valence-corrected chi connectivity index (χ1v) is 4.29. The van der Waals surface area contributed by atoms with E-state index in [4.69, 9.17) is 9.47 Å². The second-order valence-electron chi connectivity index (χ2n) is 2.85. The summed E-state index contributed by atoms with van der Waals surface area (Å²) in [6, 6.07) is 0. The van der Waals surface area contributed by atoms with Crippen LogP contribution in [0.25, 0.3) is 0 Å². The maximum Gasteiger partial charge on any atom is 0.112 e. The molecule has 0 aliphatic rings. The van der Waals surface area contributed by atoms with Gasteiger partial charge in [0.15, 0.2) is 0 Å². The van der Waals surface area contributed by atoms with Crippen molar-refractivity contribution in [2.24, 2.45) is 0 Å². The summed E-state index contributed by atoms with van der Waals surface area (Å²) < 4.78 is 9.81. The second-order valence-corrected chi connectivity index (χ2v) is 2.85. The highest BCUT2D eigenvalue weighted by Gasteiger charge is 2.29. The molecule has 0 radical (unpaired) electrons. The first-order valence-electron chi connectivity index (χ1n) is 4.29. The Labute approximate surface area is 84.5 Å². The number of rotatable bonds is 7. The van der Waals surface area contributed by atoms with Gasteiger partial charge in [-0.2, -0.15) is 0 Å². The predicted octanol–water partition coefficient (Wildman–Crippen LogP) is 0.110. The van der Waals surface area contributed by atoms with E-state index in [9.17, 15) is 10.2 Å². The van der Waals surface area contributed by atoms with Gasteiger partial charge >= 0.3 is 0 Å². The van der Waals surface area contributed by atoms with Crippen LogP contribution in [0.2, 0.25) is 0 Å². The minimum atomic E-state index is -1.08. The topological polar surface area (TPSA) is 58.9 Å². The van der Waals surface area contributed by atoms with E-state index >= 15 is 0 Å². The molecule has 0 rings (SSSR count). The second kappa shape index (κ2) is 6.73. The molecule has 0 spiro atoms. The molecular formula is C10H18O4. The molecule has 4 atom stereocenters. The minimum absolute atomic E-state index is 0.623. The third-order valence-corrected chi connectivity index (χ3v) is 2.03. The summed E-state index contributed by atoms with van der Waals surface area (Å²) in [5, 5.41) is 19.3. The van der Waals surface area contributed by atoms with Crippen molar-refractivity contribution in [2.75, 3.05) is 14.2 Å². The van der Waals surface area contributed by atoms with Crippen LogP contribution in [0, 0.1) is 0 Å². The first-order chi connectivity index (χ1) is 6.62. The van der Waals surface area contributed by atoms with Crippen LogP contribution in [-0.2, 0) is 9.47 Å². The molecule has 0 aliphatic carbocycles. The van der Waals surface area contributed by atoms with Crippen molar-refractivity contribution in [3.8, 4) is 0 Å². The zero-order valence-electron chi connectivity index (χ0n) is 8.59. The van der Waals surface area contributed by atoms with Crippen molar-refractivity contribution in [1.29, 1.82) is 0 Å². The molecule has 0 aromatic carbocycles. The van der Waals surface area contributed by atoms with Crippen LogP contribution in [0.15, 0.2) is 25.3 Å². The molecule has 0 bridgehead atoms. The Balaban J connectivity index is 4.40. The number of aliphatic hydroxyl groups excluding tert-OH is 2.